The van der Waals surface area contributed by atoms with Gasteiger partial charge in [-0.1, -0.05) is 12.1 Å². The van der Waals surface area contributed by atoms with Gasteiger partial charge in [0, 0.05) is 5.56 Å². The van der Waals surface area contributed by atoms with Crippen LogP contribution < -0.4 is 0 Å². The summed E-state index contributed by atoms with van der Waals surface area (Å²) < 4.78 is 16.0. The Morgan fingerprint density at radius 3 is 2.65 bits per heavy atom. The molecular weight excluding hydrogens is 255 g/mol. The summed E-state index contributed by atoms with van der Waals surface area (Å²) in [6.07, 6.45) is 0. The number of Topliss-reactive ketones (excluding diaryl/α,β-unsaturated/α-hetero) is 1. The van der Waals surface area contributed by atoms with E-state index in [1.165, 1.54) is 13.0 Å². The molecule has 0 aliphatic rings. The molecule has 2 aromatic carbocycles. The number of aryl methyl sites for hydroxylation is 1. The van der Waals surface area contributed by atoms with E-state index in [-0.39, 0.29) is 5.78 Å². The minimum Gasteiger partial charge on any atom is -0.295 e. The number of rotatable bonds is 2. The van der Waals surface area contributed by atoms with Gasteiger partial charge in [-0.15, -0.1) is 0 Å². The van der Waals surface area contributed by atoms with E-state index in [2.05, 4.69) is 4.98 Å². The summed E-state index contributed by atoms with van der Waals surface area (Å²) in [6, 6.07) is 12.1. The number of carbonyl (C=O) groups is 1. The molecule has 0 amide bonds. The highest BCUT2D eigenvalue weighted by Crippen LogP contribution is 2.23. The maximum absolute atomic E-state index is 14.3. The van der Waals surface area contributed by atoms with Crippen LogP contribution in [0.3, 0.4) is 0 Å². The van der Waals surface area contributed by atoms with E-state index in [9.17, 15) is 9.18 Å². The number of ketones is 1. The summed E-state index contributed by atoms with van der Waals surface area (Å²) in [5.41, 5.74) is 2.44. The van der Waals surface area contributed by atoms with Gasteiger partial charge in [-0.3, -0.25) is 9.36 Å². The average Bonchev–Trinajstić information content (AvgIpc) is 2.74. The van der Waals surface area contributed by atoms with Gasteiger partial charge in [0.05, 0.1) is 16.7 Å². The molecule has 1 heterocycles. The number of imidazole rings is 1. The molecule has 3 nitrogen and oxygen atoms in total. The Morgan fingerprint density at radius 1 is 1.20 bits per heavy atom. The Balaban J connectivity index is 2.26. The molecule has 0 fully saturated rings. The number of hydrogen-bond donors (Lipinski definition) is 0. The van der Waals surface area contributed by atoms with E-state index in [0.717, 1.165) is 11.0 Å². The number of carbonyl (C=O) groups excluding carboxylic acids is 1. The maximum atomic E-state index is 14.3. The van der Waals surface area contributed by atoms with Crippen LogP contribution in [0.15, 0.2) is 42.5 Å². The van der Waals surface area contributed by atoms with Gasteiger partial charge >= 0.3 is 0 Å². The standard InChI is InChI=1S/C16H13FN2O/c1-10(20)12-7-8-15(13(17)9-12)19-11(2)18-14-5-3-4-6-16(14)19/h3-9H,1-2H3. The zero-order valence-corrected chi connectivity index (χ0v) is 11.2. The van der Waals surface area contributed by atoms with E-state index < -0.39 is 5.82 Å². The monoisotopic (exact) mass is 268 g/mol. The summed E-state index contributed by atoms with van der Waals surface area (Å²) in [5, 5.41) is 0. The second kappa shape index (κ2) is 4.56. The molecule has 4 heteroatoms. The van der Waals surface area contributed by atoms with Crippen LogP contribution in [-0.2, 0) is 0 Å². The SMILES string of the molecule is CC(=O)c1ccc(-n2c(C)nc3ccccc32)c(F)c1. The summed E-state index contributed by atoms with van der Waals surface area (Å²) in [4.78, 5) is 15.7. The molecule has 0 aliphatic heterocycles. The van der Waals surface area contributed by atoms with Crippen molar-refractivity contribution in [3.63, 3.8) is 0 Å². The first-order chi connectivity index (χ1) is 9.58. The second-order valence-corrected chi connectivity index (χ2v) is 4.71. The van der Waals surface area contributed by atoms with Crippen molar-refractivity contribution in [3.05, 3.63) is 59.7 Å². The Bertz CT molecular complexity index is 820. The molecule has 0 spiro atoms. The largest absolute Gasteiger partial charge is 0.295 e. The Kier molecular flexibility index (Phi) is 2.86. The average molecular weight is 268 g/mol. The topological polar surface area (TPSA) is 34.9 Å². The lowest BCUT2D eigenvalue weighted by atomic mass is 10.1. The number of nitrogens with zero attached hydrogens (tertiary/aromatic N) is 2. The lowest BCUT2D eigenvalue weighted by molar-refractivity contribution is 0.101. The first-order valence-electron chi connectivity index (χ1n) is 6.33. The van der Waals surface area contributed by atoms with Gasteiger partial charge in [0.2, 0.25) is 0 Å². The van der Waals surface area contributed by atoms with E-state index >= 15 is 0 Å². The predicted octanol–water partition coefficient (Wildman–Crippen LogP) is 3.68. The van der Waals surface area contributed by atoms with Crippen LogP contribution in [0.1, 0.15) is 23.1 Å². The molecule has 20 heavy (non-hydrogen) atoms. The molecule has 0 radical (unpaired) electrons. The van der Waals surface area contributed by atoms with Crippen LogP contribution in [0.25, 0.3) is 16.7 Å². The van der Waals surface area contributed by atoms with Gasteiger partial charge in [0.15, 0.2) is 5.78 Å². The molecule has 3 aromatic rings. The summed E-state index contributed by atoms with van der Waals surface area (Å²) in [5.74, 6) is 0.132. The smallest absolute Gasteiger partial charge is 0.159 e. The Labute approximate surface area is 115 Å². The molecule has 0 unspecified atom stereocenters. The van der Waals surface area contributed by atoms with Crippen molar-refractivity contribution in [2.45, 2.75) is 13.8 Å². The molecule has 0 N–H and O–H groups in total. The van der Waals surface area contributed by atoms with Crippen LogP contribution in [0.5, 0.6) is 0 Å². The highest BCUT2D eigenvalue weighted by Gasteiger charge is 2.13. The lowest BCUT2D eigenvalue weighted by Gasteiger charge is -2.09. The summed E-state index contributed by atoms with van der Waals surface area (Å²) in [7, 11) is 0. The molecule has 0 atom stereocenters. The minimum atomic E-state index is -0.427. The highest BCUT2D eigenvalue weighted by atomic mass is 19.1. The number of para-hydroxylation sites is 2. The van der Waals surface area contributed by atoms with Crippen molar-refractivity contribution in [2.75, 3.05) is 0 Å². The van der Waals surface area contributed by atoms with Crippen molar-refractivity contribution in [1.82, 2.24) is 9.55 Å². The van der Waals surface area contributed by atoms with Crippen LogP contribution >= 0.6 is 0 Å². The normalized spacial score (nSPS) is 10.9. The van der Waals surface area contributed by atoms with Gasteiger partial charge < -0.3 is 0 Å². The van der Waals surface area contributed by atoms with Gasteiger partial charge in [0.1, 0.15) is 11.6 Å². The molecule has 1 aromatic heterocycles. The number of halogens is 1. The molecule has 100 valence electrons. The number of fused-ring (bicyclic) bond motifs is 1. The fourth-order valence-corrected chi connectivity index (χ4v) is 2.36. The van der Waals surface area contributed by atoms with Crippen LogP contribution in [0.4, 0.5) is 4.39 Å². The minimum absolute atomic E-state index is 0.150. The van der Waals surface area contributed by atoms with Gasteiger partial charge in [-0.25, -0.2) is 9.37 Å². The zero-order valence-electron chi connectivity index (χ0n) is 11.2. The first kappa shape index (κ1) is 12.5. The molecule has 0 bridgehead atoms. The van der Waals surface area contributed by atoms with Crippen molar-refractivity contribution in [1.29, 1.82) is 0 Å². The van der Waals surface area contributed by atoms with Crippen LogP contribution in [0, 0.1) is 12.7 Å². The second-order valence-electron chi connectivity index (χ2n) is 4.71. The summed E-state index contributed by atoms with van der Waals surface area (Å²) >= 11 is 0. The van der Waals surface area contributed by atoms with Crippen LogP contribution in [0.2, 0.25) is 0 Å². The van der Waals surface area contributed by atoms with Gasteiger partial charge in [-0.05, 0) is 44.2 Å². The lowest BCUT2D eigenvalue weighted by Crippen LogP contribution is -2.02. The molecule has 3 rings (SSSR count). The quantitative estimate of drug-likeness (QED) is 0.664. The van der Waals surface area contributed by atoms with E-state index in [1.54, 1.807) is 16.7 Å². The molecule has 0 aliphatic carbocycles. The van der Waals surface area contributed by atoms with Crippen molar-refractivity contribution >= 4 is 16.8 Å². The van der Waals surface area contributed by atoms with E-state index in [1.807, 2.05) is 31.2 Å². The number of benzene rings is 2. The molecule has 0 saturated carbocycles. The van der Waals surface area contributed by atoms with Crippen LogP contribution in [-0.4, -0.2) is 15.3 Å². The number of aromatic nitrogens is 2. The van der Waals surface area contributed by atoms with Crippen molar-refractivity contribution in [2.24, 2.45) is 0 Å². The van der Waals surface area contributed by atoms with Gasteiger partial charge in [-0.2, -0.15) is 0 Å². The Morgan fingerprint density at radius 2 is 1.95 bits per heavy atom. The van der Waals surface area contributed by atoms with E-state index in [0.29, 0.717) is 17.1 Å². The maximum Gasteiger partial charge on any atom is 0.159 e. The van der Waals surface area contributed by atoms with Crippen molar-refractivity contribution in [3.8, 4) is 5.69 Å². The summed E-state index contributed by atoms with van der Waals surface area (Å²) in [6.45, 7) is 3.25. The molecule has 0 saturated heterocycles. The molecular formula is C16H13FN2O. The number of hydrogen-bond acceptors (Lipinski definition) is 2. The third kappa shape index (κ3) is 1.90. The van der Waals surface area contributed by atoms with Crippen molar-refractivity contribution < 1.29 is 9.18 Å². The fourth-order valence-electron chi connectivity index (χ4n) is 2.36. The third-order valence-electron chi connectivity index (χ3n) is 3.32. The van der Waals surface area contributed by atoms with Gasteiger partial charge in [0.25, 0.3) is 0 Å². The van der Waals surface area contributed by atoms with E-state index in [4.69, 9.17) is 0 Å². The predicted molar refractivity (Wildman–Crippen MR) is 75.8 cm³/mol. The first-order valence-corrected chi connectivity index (χ1v) is 6.33. The zero-order chi connectivity index (χ0) is 14.3. The Hall–Kier alpha value is -2.49. The third-order valence-corrected chi connectivity index (χ3v) is 3.32. The highest BCUT2D eigenvalue weighted by molar-refractivity contribution is 5.94. The fraction of sp³-hybridized carbons (Fsp3) is 0.125.